The Morgan fingerprint density at radius 3 is 2.58 bits per heavy atom. The lowest BCUT2D eigenvalue weighted by molar-refractivity contribution is 0.504. The highest BCUT2D eigenvalue weighted by atomic mass is 32.1. The SMILES string of the molecule is CC1(C)CC1(CN)c1ccsc1. The van der Waals surface area contributed by atoms with E-state index in [0.717, 1.165) is 6.54 Å². The highest BCUT2D eigenvalue weighted by Crippen LogP contribution is 2.63. The predicted octanol–water partition coefficient (Wildman–Crippen LogP) is 2.37. The van der Waals surface area contributed by atoms with Gasteiger partial charge in [0.15, 0.2) is 0 Å². The van der Waals surface area contributed by atoms with Crippen LogP contribution in [0.1, 0.15) is 25.8 Å². The number of hydrogen-bond donors (Lipinski definition) is 1. The fraction of sp³-hybridized carbons (Fsp3) is 0.600. The zero-order valence-electron chi connectivity index (χ0n) is 7.63. The van der Waals surface area contributed by atoms with Crippen molar-refractivity contribution in [2.24, 2.45) is 11.1 Å². The lowest BCUT2D eigenvalue weighted by Gasteiger charge is -2.16. The normalized spacial score (nSPS) is 31.9. The van der Waals surface area contributed by atoms with Crippen LogP contribution in [0.5, 0.6) is 0 Å². The second-order valence-electron chi connectivity index (χ2n) is 4.36. The molecule has 66 valence electrons. The molecule has 1 aromatic rings. The second kappa shape index (κ2) is 2.33. The number of rotatable bonds is 2. The van der Waals surface area contributed by atoms with Gasteiger partial charge in [-0.1, -0.05) is 13.8 Å². The van der Waals surface area contributed by atoms with Gasteiger partial charge in [-0.2, -0.15) is 11.3 Å². The smallest absolute Gasteiger partial charge is 0.0140 e. The molecule has 1 aliphatic carbocycles. The minimum absolute atomic E-state index is 0.299. The molecule has 1 unspecified atom stereocenters. The van der Waals surface area contributed by atoms with Crippen molar-refractivity contribution in [1.29, 1.82) is 0 Å². The van der Waals surface area contributed by atoms with Gasteiger partial charge in [0.1, 0.15) is 0 Å². The van der Waals surface area contributed by atoms with Crippen molar-refractivity contribution in [2.45, 2.75) is 25.7 Å². The lowest BCUT2D eigenvalue weighted by Crippen LogP contribution is -2.24. The Morgan fingerprint density at radius 1 is 1.58 bits per heavy atom. The Bertz CT molecular complexity index is 276. The van der Waals surface area contributed by atoms with Gasteiger partial charge in [-0.25, -0.2) is 0 Å². The lowest BCUT2D eigenvalue weighted by atomic mass is 9.90. The molecule has 1 aliphatic rings. The molecule has 12 heavy (non-hydrogen) atoms. The first kappa shape index (κ1) is 8.27. The maximum Gasteiger partial charge on any atom is 0.0140 e. The summed E-state index contributed by atoms with van der Waals surface area (Å²) in [6, 6.07) is 2.21. The van der Waals surface area contributed by atoms with Gasteiger partial charge < -0.3 is 5.73 Å². The van der Waals surface area contributed by atoms with Gasteiger partial charge in [0.05, 0.1) is 0 Å². The Labute approximate surface area is 77.6 Å². The maximum absolute atomic E-state index is 5.84. The van der Waals surface area contributed by atoms with Crippen LogP contribution < -0.4 is 5.73 Å². The molecule has 0 radical (unpaired) electrons. The highest BCUT2D eigenvalue weighted by molar-refractivity contribution is 7.08. The summed E-state index contributed by atoms with van der Waals surface area (Å²) in [4.78, 5) is 0. The highest BCUT2D eigenvalue weighted by Gasteiger charge is 2.60. The summed E-state index contributed by atoms with van der Waals surface area (Å²) in [5, 5.41) is 4.38. The molecule has 1 fully saturated rings. The van der Waals surface area contributed by atoms with E-state index in [1.54, 1.807) is 11.3 Å². The van der Waals surface area contributed by atoms with E-state index in [1.807, 2.05) is 0 Å². The Hall–Kier alpha value is -0.340. The van der Waals surface area contributed by atoms with Crippen molar-refractivity contribution in [3.8, 4) is 0 Å². The fourth-order valence-electron chi connectivity index (χ4n) is 2.21. The van der Waals surface area contributed by atoms with E-state index < -0.39 is 0 Å². The zero-order chi connectivity index (χ0) is 8.82. The van der Waals surface area contributed by atoms with Gasteiger partial charge in [0.2, 0.25) is 0 Å². The molecule has 1 aromatic heterocycles. The molecule has 0 spiro atoms. The minimum Gasteiger partial charge on any atom is -0.330 e. The summed E-state index contributed by atoms with van der Waals surface area (Å²) in [5.41, 5.74) is 8.00. The predicted molar refractivity (Wildman–Crippen MR) is 53.4 cm³/mol. The van der Waals surface area contributed by atoms with Gasteiger partial charge in [-0.05, 0) is 34.2 Å². The van der Waals surface area contributed by atoms with Crippen molar-refractivity contribution in [1.82, 2.24) is 0 Å². The van der Waals surface area contributed by atoms with Crippen LogP contribution in [0.4, 0.5) is 0 Å². The molecule has 1 heterocycles. The van der Waals surface area contributed by atoms with Gasteiger partial charge in [-0.3, -0.25) is 0 Å². The van der Waals surface area contributed by atoms with Gasteiger partial charge in [0, 0.05) is 12.0 Å². The molecule has 2 heteroatoms. The molecule has 1 saturated carbocycles. The van der Waals surface area contributed by atoms with Crippen molar-refractivity contribution in [2.75, 3.05) is 6.54 Å². The van der Waals surface area contributed by atoms with Crippen molar-refractivity contribution < 1.29 is 0 Å². The van der Waals surface area contributed by atoms with Gasteiger partial charge in [0.25, 0.3) is 0 Å². The summed E-state index contributed by atoms with van der Waals surface area (Å²) < 4.78 is 0. The van der Waals surface area contributed by atoms with Crippen LogP contribution in [0.2, 0.25) is 0 Å². The third-order valence-corrected chi connectivity index (χ3v) is 4.02. The van der Waals surface area contributed by atoms with Crippen LogP contribution in [-0.2, 0) is 5.41 Å². The van der Waals surface area contributed by atoms with Crippen molar-refractivity contribution >= 4 is 11.3 Å². The summed E-state index contributed by atoms with van der Waals surface area (Å²) in [6.45, 7) is 5.39. The van der Waals surface area contributed by atoms with Crippen LogP contribution in [-0.4, -0.2) is 6.54 Å². The molecule has 0 bridgehead atoms. The summed E-state index contributed by atoms with van der Waals surface area (Å²) >= 11 is 1.77. The topological polar surface area (TPSA) is 26.0 Å². The molecule has 1 atom stereocenters. The molecule has 2 rings (SSSR count). The molecule has 0 saturated heterocycles. The summed E-state index contributed by atoms with van der Waals surface area (Å²) in [6.07, 6.45) is 1.24. The number of nitrogens with two attached hydrogens (primary N) is 1. The third kappa shape index (κ3) is 0.882. The quantitative estimate of drug-likeness (QED) is 0.744. The van der Waals surface area contributed by atoms with E-state index in [2.05, 4.69) is 30.7 Å². The first-order chi connectivity index (χ1) is 5.62. The largest absolute Gasteiger partial charge is 0.330 e. The fourth-order valence-corrected chi connectivity index (χ4v) is 2.96. The number of hydrogen-bond acceptors (Lipinski definition) is 2. The minimum atomic E-state index is 0.299. The van der Waals surface area contributed by atoms with E-state index in [0.29, 0.717) is 10.8 Å². The van der Waals surface area contributed by atoms with Crippen LogP contribution in [0, 0.1) is 5.41 Å². The first-order valence-corrected chi connectivity index (χ1v) is 5.29. The third-order valence-electron chi connectivity index (χ3n) is 3.34. The van der Waals surface area contributed by atoms with Gasteiger partial charge >= 0.3 is 0 Å². The van der Waals surface area contributed by atoms with E-state index >= 15 is 0 Å². The first-order valence-electron chi connectivity index (χ1n) is 4.35. The second-order valence-corrected chi connectivity index (χ2v) is 5.14. The van der Waals surface area contributed by atoms with Crippen molar-refractivity contribution in [3.05, 3.63) is 22.4 Å². The molecule has 0 aromatic carbocycles. The molecular weight excluding hydrogens is 166 g/mol. The van der Waals surface area contributed by atoms with Crippen LogP contribution in [0.25, 0.3) is 0 Å². The average molecular weight is 181 g/mol. The maximum atomic E-state index is 5.84. The summed E-state index contributed by atoms with van der Waals surface area (Å²) in [7, 11) is 0. The molecule has 1 nitrogen and oxygen atoms in total. The molecule has 2 N–H and O–H groups in total. The zero-order valence-corrected chi connectivity index (χ0v) is 8.45. The van der Waals surface area contributed by atoms with Crippen LogP contribution >= 0.6 is 11.3 Å². The summed E-state index contributed by atoms with van der Waals surface area (Å²) in [5.74, 6) is 0. The average Bonchev–Trinajstić information content (AvgIpc) is 2.52. The van der Waals surface area contributed by atoms with Crippen LogP contribution in [0.15, 0.2) is 16.8 Å². The molecule has 0 amide bonds. The Balaban J connectivity index is 2.34. The van der Waals surface area contributed by atoms with Crippen molar-refractivity contribution in [3.63, 3.8) is 0 Å². The Morgan fingerprint density at radius 2 is 2.25 bits per heavy atom. The number of thiophene rings is 1. The van der Waals surface area contributed by atoms with E-state index in [9.17, 15) is 0 Å². The Kier molecular flexibility index (Phi) is 1.61. The van der Waals surface area contributed by atoms with Gasteiger partial charge in [-0.15, -0.1) is 0 Å². The van der Waals surface area contributed by atoms with E-state index in [4.69, 9.17) is 5.73 Å². The van der Waals surface area contributed by atoms with E-state index in [1.165, 1.54) is 12.0 Å². The molecular formula is C10H15NS. The monoisotopic (exact) mass is 181 g/mol. The van der Waals surface area contributed by atoms with Crippen LogP contribution in [0.3, 0.4) is 0 Å². The molecule has 0 aliphatic heterocycles. The standard InChI is InChI=1S/C10H15NS/c1-9(2)6-10(9,7-11)8-3-4-12-5-8/h3-5H,6-7,11H2,1-2H3. The van der Waals surface area contributed by atoms with E-state index in [-0.39, 0.29) is 0 Å².